The first-order valence-corrected chi connectivity index (χ1v) is 16.2. The molecule has 1 saturated carbocycles. The van der Waals surface area contributed by atoms with Gasteiger partial charge in [0.2, 0.25) is 0 Å². The zero-order chi connectivity index (χ0) is 30.0. The van der Waals surface area contributed by atoms with Crippen molar-refractivity contribution in [2.24, 2.45) is 11.3 Å². The van der Waals surface area contributed by atoms with Gasteiger partial charge in [-0.15, -0.1) is 0 Å². The third kappa shape index (κ3) is 7.65. The quantitative estimate of drug-likeness (QED) is 0.320. The van der Waals surface area contributed by atoms with Crippen LogP contribution in [0, 0.1) is 11.3 Å². The number of halogens is 3. The lowest BCUT2D eigenvalue weighted by Crippen LogP contribution is -2.60. The summed E-state index contributed by atoms with van der Waals surface area (Å²) in [4.78, 5) is 13.4. The van der Waals surface area contributed by atoms with Crippen molar-refractivity contribution in [2.45, 2.75) is 63.7 Å². The molecule has 3 aliphatic rings. The molecule has 6 rings (SSSR count). The van der Waals surface area contributed by atoms with Crippen LogP contribution in [0.3, 0.4) is 0 Å². The topological polar surface area (TPSA) is 96.4 Å². The summed E-state index contributed by atoms with van der Waals surface area (Å²) < 4.78 is 63.2. The van der Waals surface area contributed by atoms with Crippen LogP contribution in [0.1, 0.15) is 49.7 Å². The first-order valence-electron chi connectivity index (χ1n) is 15.1. The predicted molar refractivity (Wildman–Crippen MR) is 161 cm³/mol. The summed E-state index contributed by atoms with van der Waals surface area (Å²) in [6, 6.07) is 13.5. The van der Waals surface area contributed by atoms with E-state index in [9.17, 15) is 21.9 Å². The van der Waals surface area contributed by atoms with Gasteiger partial charge in [0.1, 0.15) is 12.1 Å². The highest BCUT2D eigenvalue weighted by Gasteiger charge is 2.45. The smallest absolute Gasteiger partial charge is 0.393 e. The van der Waals surface area contributed by atoms with E-state index in [2.05, 4.69) is 54.1 Å². The van der Waals surface area contributed by atoms with E-state index in [1.165, 1.54) is 18.0 Å². The molecule has 2 N–H and O–H groups in total. The van der Waals surface area contributed by atoms with E-state index < -0.39 is 23.9 Å². The number of aromatic nitrogens is 2. The second-order valence-corrected chi connectivity index (χ2v) is 13.3. The molecule has 1 aromatic heterocycles. The molecule has 1 atom stereocenters. The molecule has 8 nitrogen and oxygen atoms in total. The molecule has 0 bridgehead atoms. The Hall–Kier alpha value is -2.80. The van der Waals surface area contributed by atoms with Crippen molar-refractivity contribution in [1.29, 1.82) is 0 Å². The lowest BCUT2D eigenvalue weighted by Gasteiger charge is -2.54. The fraction of sp³-hybridized carbons (Fsp3) is 0.548. The van der Waals surface area contributed by atoms with Crippen molar-refractivity contribution < 1.29 is 21.9 Å². The molecular formula is C31H38F3N6O2S-. The monoisotopic (exact) mass is 615 g/mol. The van der Waals surface area contributed by atoms with Gasteiger partial charge in [0, 0.05) is 60.0 Å². The van der Waals surface area contributed by atoms with Gasteiger partial charge in [0.05, 0.1) is 11.9 Å². The number of anilines is 2. The summed E-state index contributed by atoms with van der Waals surface area (Å²) in [7, 11) is 0. The highest BCUT2D eigenvalue weighted by molar-refractivity contribution is 7.77. The number of hydrogen-bond donors (Lipinski definition) is 2. The van der Waals surface area contributed by atoms with Crippen molar-refractivity contribution in [3.8, 4) is 0 Å². The van der Waals surface area contributed by atoms with Crippen LogP contribution in [0.15, 0.2) is 48.8 Å². The highest BCUT2D eigenvalue weighted by atomic mass is 32.2. The third-order valence-electron chi connectivity index (χ3n) is 9.42. The van der Waals surface area contributed by atoms with E-state index >= 15 is 0 Å². The van der Waals surface area contributed by atoms with Crippen LogP contribution in [0.4, 0.5) is 24.7 Å². The summed E-state index contributed by atoms with van der Waals surface area (Å²) in [6.45, 7) is 5.59. The number of nitrogens with one attached hydrogen (secondary N) is 2. The average Bonchev–Trinajstić information content (AvgIpc) is 2.95. The molecule has 2 saturated heterocycles. The highest BCUT2D eigenvalue weighted by Crippen LogP contribution is 2.44. The minimum atomic E-state index is -4.25. The molecule has 1 spiro atoms. The maximum Gasteiger partial charge on any atom is 0.393 e. The standard InChI is InChI=1S/C31H39F3N6O2S/c32-31(33,34)16-24-5-10-28-27(15-24)29(37-21-36-28)40-19-30(20-40)11-13-39(14-12-30)18-23-3-6-25(7-4-23)35-17-22-1-8-26(9-2-22)38-43(41)42/h3-7,10,15,21-22,26,35,38H,1-2,8-9,11-14,16-20H2,(H,41,42)/p-1. The molecular weight excluding hydrogens is 577 g/mol. The first kappa shape index (κ1) is 30.2. The maximum atomic E-state index is 13.0. The fourth-order valence-corrected chi connectivity index (χ4v) is 7.48. The summed E-state index contributed by atoms with van der Waals surface area (Å²) >= 11 is -2.18. The number of likely N-dealkylation sites (tertiary alicyclic amines) is 1. The Bertz CT molecular complexity index is 1420. The zero-order valence-electron chi connectivity index (χ0n) is 24.1. The molecule has 2 aromatic carbocycles. The molecule has 3 aromatic rings. The van der Waals surface area contributed by atoms with E-state index in [4.69, 9.17) is 0 Å². The SMILES string of the molecule is O=S([O-])NC1CCC(CNc2ccc(CN3CCC4(CC3)CN(c3ncnc5ccc(CC(F)(F)F)cc35)C4)cc2)CC1. The van der Waals surface area contributed by atoms with Crippen molar-refractivity contribution in [3.63, 3.8) is 0 Å². The van der Waals surface area contributed by atoms with E-state index in [-0.39, 0.29) is 17.0 Å². The number of piperidine rings is 1. The van der Waals surface area contributed by atoms with Crippen molar-refractivity contribution in [3.05, 3.63) is 59.9 Å². The van der Waals surface area contributed by atoms with Crippen LogP contribution in [0.2, 0.25) is 0 Å². The zero-order valence-corrected chi connectivity index (χ0v) is 24.9. The second kappa shape index (κ2) is 12.7. The molecule has 2 aliphatic heterocycles. The number of hydrogen-bond acceptors (Lipinski definition) is 7. The summed E-state index contributed by atoms with van der Waals surface area (Å²) in [5.74, 6) is 1.29. The second-order valence-electron chi connectivity index (χ2n) is 12.6. The summed E-state index contributed by atoms with van der Waals surface area (Å²) in [5, 5.41) is 4.24. The Morgan fingerprint density at radius 3 is 2.35 bits per heavy atom. The molecule has 3 fully saturated rings. The Morgan fingerprint density at radius 2 is 1.67 bits per heavy atom. The Kier molecular flexibility index (Phi) is 8.91. The molecule has 0 amide bonds. The van der Waals surface area contributed by atoms with Gasteiger partial charge in [0.15, 0.2) is 0 Å². The van der Waals surface area contributed by atoms with Crippen LogP contribution in [0.5, 0.6) is 0 Å². The maximum absolute atomic E-state index is 13.0. The predicted octanol–water partition coefficient (Wildman–Crippen LogP) is 5.19. The van der Waals surface area contributed by atoms with Gasteiger partial charge in [0.25, 0.3) is 0 Å². The minimum Gasteiger partial charge on any atom is -0.760 e. The number of benzene rings is 2. The van der Waals surface area contributed by atoms with Gasteiger partial charge >= 0.3 is 6.18 Å². The van der Waals surface area contributed by atoms with Crippen molar-refractivity contribution in [2.75, 3.05) is 42.9 Å². The molecule has 3 heterocycles. The number of nitrogens with zero attached hydrogens (tertiary/aromatic N) is 4. The van der Waals surface area contributed by atoms with Crippen LogP contribution in [0.25, 0.3) is 10.9 Å². The molecule has 0 radical (unpaired) electrons. The van der Waals surface area contributed by atoms with Crippen LogP contribution < -0.4 is 14.9 Å². The van der Waals surface area contributed by atoms with Crippen LogP contribution >= 0.6 is 0 Å². The normalized spacial score (nSPS) is 23.3. The van der Waals surface area contributed by atoms with Gasteiger partial charge in [-0.2, -0.15) is 13.2 Å². The minimum absolute atomic E-state index is 0.0728. The third-order valence-corrected chi connectivity index (χ3v) is 9.94. The van der Waals surface area contributed by atoms with Crippen LogP contribution in [-0.2, 0) is 24.2 Å². The Morgan fingerprint density at radius 1 is 0.977 bits per heavy atom. The lowest BCUT2D eigenvalue weighted by atomic mass is 9.72. The van der Waals surface area contributed by atoms with E-state index in [1.807, 2.05) is 0 Å². The fourth-order valence-electron chi connectivity index (χ4n) is 6.97. The first-order chi connectivity index (χ1) is 20.6. The number of rotatable bonds is 9. The van der Waals surface area contributed by atoms with Crippen LogP contribution in [-0.4, -0.2) is 68.6 Å². The molecule has 1 aliphatic carbocycles. The molecule has 232 valence electrons. The Labute approximate surface area is 252 Å². The van der Waals surface area contributed by atoms with Gasteiger partial charge < -0.3 is 14.8 Å². The lowest BCUT2D eigenvalue weighted by molar-refractivity contribution is -0.127. The van der Waals surface area contributed by atoms with E-state index in [1.54, 1.807) is 12.1 Å². The molecule has 12 heteroatoms. The molecule has 43 heavy (non-hydrogen) atoms. The van der Waals surface area contributed by atoms with Gasteiger partial charge in [-0.25, -0.2) is 14.7 Å². The van der Waals surface area contributed by atoms with Crippen molar-refractivity contribution >= 4 is 33.7 Å². The van der Waals surface area contributed by atoms with Gasteiger partial charge in [-0.3, -0.25) is 9.11 Å². The van der Waals surface area contributed by atoms with E-state index in [0.717, 1.165) is 89.3 Å². The summed E-state index contributed by atoms with van der Waals surface area (Å²) in [5.41, 5.74) is 3.53. The largest absolute Gasteiger partial charge is 0.760 e. The van der Waals surface area contributed by atoms with Gasteiger partial charge in [-0.1, -0.05) is 18.2 Å². The van der Waals surface area contributed by atoms with Crippen molar-refractivity contribution in [1.82, 2.24) is 19.6 Å². The Balaban J connectivity index is 0.957. The summed E-state index contributed by atoms with van der Waals surface area (Å²) in [6.07, 6.45) is 2.30. The van der Waals surface area contributed by atoms with E-state index in [0.29, 0.717) is 16.8 Å². The average molecular weight is 616 g/mol. The number of fused-ring (bicyclic) bond motifs is 1. The van der Waals surface area contributed by atoms with Gasteiger partial charge in [-0.05, 0) is 92.9 Å². The number of alkyl halides is 3. The molecule has 1 unspecified atom stereocenters.